The number of carbonyl (C=O) groups is 2. The van der Waals surface area contributed by atoms with Gasteiger partial charge in [0.15, 0.2) is 0 Å². The molecule has 0 radical (unpaired) electrons. The first-order valence-corrected chi connectivity index (χ1v) is 7.00. The van der Waals surface area contributed by atoms with Gasteiger partial charge in [0.1, 0.15) is 0 Å². The first-order chi connectivity index (χ1) is 9.58. The van der Waals surface area contributed by atoms with Crippen molar-refractivity contribution in [2.45, 2.75) is 31.6 Å². The molecule has 1 heterocycles. The number of nitrogen functional groups attached to an aromatic ring is 1. The smallest absolute Gasteiger partial charge is 0.224 e. The van der Waals surface area contributed by atoms with Gasteiger partial charge in [0, 0.05) is 25.2 Å². The molecule has 0 saturated carbocycles. The molecule has 2 amide bonds. The lowest BCUT2D eigenvalue weighted by Gasteiger charge is -2.18. The third kappa shape index (κ3) is 3.50. The normalized spacial score (nSPS) is 16.4. The summed E-state index contributed by atoms with van der Waals surface area (Å²) in [5, 5.41) is 0. The van der Waals surface area contributed by atoms with Crippen molar-refractivity contribution in [1.82, 2.24) is 4.90 Å². The van der Waals surface area contributed by atoms with Crippen molar-refractivity contribution in [3.8, 4) is 0 Å². The minimum Gasteiger partial charge on any atom is -0.399 e. The van der Waals surface area contributed by atoms with Crippen molar-refractivity contribution in [1.29, 1.82) is 0 Å². The Bertz CT molecular complexity index is 502. The average molecular weight is 275 g/mol. The summed E-state index contributed by atoms with van der Waals surface area (Å²) in [4.78, 5) is 25.0. The highest BCUT2D eigenvalue weighted by atomic mass is 16.2. The van der Waals surface area contributed by atoms with Gasteiger partial charge in [-0.2, -0.15) is 0 Å². The van der Waals surface area contributed by atoms with Crippen LogP contribution in [-0.4, -0.2) is 29.8 Å². The van der Waals surface area contributed by atoms with E-state index in [9.17, 15) is 9.59 Å². The van der Waals surface area contributed by atoms with Crippen LogP contribution in [0.5, 0.6) is 0 Å². The van der Waals surface area contributed by atoms with Crippen LogP contribution in [0.4, 0.5) is 5.69 Å². The van der Waals surface area contributed by atoms with Gasteiger partial charge in [-0.25, -0.2) is 0 Å². The molecule has 5 nitrogen and oxygen atoms in total. The molecular weight excluding hydrogens is 254 g/mol. The Kier molecular flexibility index (Phi) is 4.61. The van der Waals surface area contributed by atoms with E-state index in [0.717, 1.165) is 24.9 Å². The lowest BCUT2D eigenvalue weighted by molar-refractivity contribution is -0.127. The lowest BCUT2D eigenvalue weighted by atomic mass is 9.93. The molecular formula is C15H21N3O2. The zero-order chi connectivity index (χ0) is 14.5. The summed E-state index contributed by atoms with van der Waals surface area (Å²) >= 11 is 0. The number of nitrogens with two attached hydrogens (primary N) is 2. The minimum atomic E-state index is -0.344. The highest BCUT2D eigenvalue weighted by Gasteiger charge is 2.22. The van der Waals surface area contributed by atoms with E-state index in [1.807, 2.05) is 17.0 Å². The molecule has 108 valence electrons. The van der Waals surface area contributed by atoms with E-state index in [0.29, 0.717) is 25.1 Å². The van der Waals surface area contributed by atoms with Gasteiger partial charge in [-0.3, -0.25) is 9.59 Å². The maximum atomic E-state index is 11.6. The zero-order valence-corrected chi connectivity index (χ0v) is 11.5. The molecule has 5 heteroatoms. The van der Waals surface area contributed by atoms with Crippen LogP contribution in [-0.2, 0) is 9.59 Å². The van der Waals surface area contributed by atoms with Gasteiger partial charge in [-0.15, -0.1) is 0 Å². The molecule has 1 atom stereocenters. The number of benzene rings is 1. The number of primary amides is 1. The Morgan fingerprint density at radius 2 is 2.20 bits per heavy atom. The molecule has 1 aliphatic heterocycles. The fourth-order valence-electron chi connectivity index (χ4n) is 2.68. The van der Waals surface area contributed by atoms with Crippen molar-refractivity contribution in [3.05, 3.63) is 29.8 Å². The Morgan fingerprint density at radius 3 is 2.80 bits per heavy atom. The van der Waals surface area contributed by atoms with E-state index in [2.05, 4.69) is 0 Å². The molecule has 2 rings (SSSR count). The second kappa shape index (κ2) is 6.41. The number of hydrogen-bond acceptors (Lipinski definition) is 3. The zero-order valence-electron chi connectivity index (χ0n) is 11.5. The third-order valence-electron chi connectivity index (χ3n) is 3.75. The Hall–Kier alpha value is -2.04. The number of carbonyl (C=O) groups excluding carboxylic acids is 2. The SMILES string of the molecule is NC(=O)C(CCCN1CCCC1=O)c1cccc(N)c1. The predicted octanol–water partition coefficient (Wildman–Crippen LogP) is 1.24. The highest BCUT2D eigenvalue weighted by molar-refractivity contribution is 5.82. The number of anilines is 1. The Morgan fingerprint density at radius 1 is 1.40 bits per heavy atom. The standard InChI is InChI=1S/C15H21N3O2/c16-12-5-1-4-11(10-12)13(15(17)20)6-2-8-18-9-3-7-14(18)19/h1,4-5,10,13H,2-3,6-9,16H2,(H2,17,20). The molecule has 1 aliphatic rings. The van der Waals surface area contributed by atoms with Gasteiger partial charge in [0.25, 0.3) is 0 Å². The summed E-state index contributed by atoms with van der Waals surface area (Å²) in [5.74, 6) is -0.468. The van der Waals surface area contributed by atoms with Crippen LogP contribution in [0.25, 0.3) is 0 Å². The van der Waals surface area contributed by atoms with Crippen LogP contribution < -0.4 is 11.5 Å². The van der Waals surface area contributed by atoms with E-state index in [4.69, 9.17) is 11.5 Å². The van der Waals surface area contributed by atoms with Crippen molar-refractivity contribution in [2.24, 2.45) is 5.73 Å². The van der Waals surface area contributed by atoms with Gasteiger partial charge < -0.3 is 16.4 Å². The number of rotatable bonds is 6. The van der Waals surface area contributed by atoms with Crippen LogP contribution in [0, 0.1) is 0 Å². The Balaban J connectivity index is 1.93. The van der Waals surface area contributed by atoms with Gasteiger partial charge in [0.2, 0.25) is 11.8 Å². The van der Waals surface area contributed by atoms with Crippen LogP contribution >= 0.6 is 0 Å². The van der Waals surface area contributed by atoms with Crippen LogP contribution in [0.2, 0.25) is 0 Å². The first-order valence-electron chi connectivity index (χ1n) is 7.00. The molecule has 0 spiro atoms. The van der Waals surface area contributed by atoms with Crippen molar-refractivity contribution in [2.75, 3.05) is 18.8 Å². The number of amides is 2. The monoisotopic (exact) mass is 275 g/mol. The fourth-order valence-corrected chi connectivity index (χ4v) is 2.68. The van der Waals surface area contributed by atoms with E-state index in [1.54, 1.807) is 12.1 Å². The summed E-state index contributed by atoms with van der Waals surface area (Å²) in [5.41, 5.74) is 12.7. The van der Waals surface area contributed by atoms with Gasteiger partial charge >= 0.3 is 0 Å². The minimum absolute atomic E-state index is 0.213. The van der Waals surface area contributed by atoms with E-state index < -0.39 is 0 Å². The number of likely N-dealkylation sites (tertiary alicyclic amines) is 1. The van der Waals surface area contributed by atoms with Crippen molar-refractivity contribution < 1.29 is 9.59 Å². The molecule has 1 aromatic rings. The highest BCUT2D eigenvalue weighted by Crippen LogP contribution is 2.23. The second-order valence-electron chi connectivity index (χ2n) is 5.25. The predicted molar refractivity (Wildman–Crippen MR) is 77.8 cm³/mol. The van der Waals surface area contributed by atoms with E-state index >= 15 is 0 Å². The summed E-state index contributed by atoms with van der Waals surface area (Å²) in [6, 6.07) is 7.26. The van der Waals surface area contributed by atoms with Gasteiger partial charge in [0.05, 0.1) is 5.92 Å². The summed E-state index contributed by atoms with van der Waals surface area (Å²) in [7, 11) is 0. The lowest BCUT2D eigenvalue weighted by Crippen LogP contribution is -2.27. The largest absolute Gasteiger partial charge is 0.399 e. The third-order valence-corrected chi connectivity index (χ3v) is 3.75. The quantitative estimate of drug-likeness (QED) is 0.765. The molecule has 0 aliphatic carbocycles. The van der Waals surface area contributed by atoms with Crippen LogP contribution in [0.3, 0.4) is 0 Å². The first kappa shape index (κ1) is 14.4. The second-order valence-corrected chi connectivity index (χ2v) is 5.25. The maximum Gasteiger partial charge on any atom is 0.224 e. The number of hydrogen-bond donors (Lipinski definition) is 2. The number of nitrogens with zero attached hydrogens (tertiary/aromatic N) is 1. The molecule has 4 N–H and O–H groups in total. The van der Waals surface area contributed by atoms with Gasteiger partial charge in [-0.05, 0) is 37.0 Å². The average Bonchev–Trinajstić information content (AvgIpc) is 2.80. The molecule has 1 fully saturated rings. The van der Waals surface area contributed by atoms with E-state index in [-0.39, 0.29) is 17.7 Å². The summed E-state index contributed by atoms with van der Waals surface area (Å²) in [6.45, 7) is 1.53. The molecule has 1 saturated heterocycles. The Labute approximate surface area is 118 Å². The maximum absolute atomic E-state index is 11.6. The summed E-state index contributed by atoms with van der Waals surface area (Å²) < 4.78 is 0. The van der Waals surface area contributed by atoms with Crippen molar-refractivity contribution >= 4 is 17.5 Å². The van der Waals surface area contributed by atoms with E-state index in [1.165, 1.54) is 0 Å². The van der Waals surface area contributed by atoms with Crippen LogP contribution in [0.15, 0.2) is 24.3 Å². The molecule has 0 aromatic heterocycles. The molecule has 0 bridgehead atoms. The van der Waals surface area contributed by atoms with Gasteiger partial charge in [-0.1, -0.05) is 12.1 Å². The topological polar surface area (TPSA) is 89.4 Å². The molecule has 20 heavy (non-hydrogen) atoms. The summed E-state index contributed by atoms with van der Waals surface area (Å²) in [6.07, 6.45) is 3.00. The fraction of sp³-hybridized carbons (Fsp3) is 0.467. The van der Waals surface area contributed by atoms with Crippen LogP contribution in [0.1, 0.15) is 37.2 Å². The molecule has 1 unspecified atom stereocenters. The molecule has 1 aromatic carbocycles. The van der Waals surface area contributed by atoms with Crippen molar-refractivity contribution in [3.63, 3.8) is 0 Å².